The molecular weight excluding hydrogens is 248 g/mol. The van der Waals surface area contributed by atoms with E-state index in [1.807, 2.05) is 32.0 Å². The van der Waals surface area contributed by atoms with Crippen LogP contribution in [0.25, 0.3) is 0 Å². The standard InChI is InChI=1S/C13H20N2O2S/c1-4-14-12-8-6-5-7-11(12)13(16)15-10(2)9-18(3)17/h5-8,10,14H,4,9H2,1-3H3,(H,15,16). The van der Waals surface area contributed by atoms with Crippen molar-refractivity contribution in [3.8, 4) is 0 Å². The highest BCUT2D eigenvalue weighted by Gasteiger charge is 2.13. The van der Waals surface area contributed by atoms with Gasteiger partial charge in [0.25, 0.3) is 5.91 Å². The van der Waals surface area contributed by atoms with E-state index in [1.54, 1.807) is 12.3 Å². The second kappa shape index (κ2) is 7.16. The number of carbonyl (C=O) groups excluding carboxylic acids is 1. The molecule has 0 aliphatic carbocycles. The summed E-state index contributed by atoms with van der Waals surface area (Å²) in [5, 5.41) is 6.00. The molecule has 1 aromatic rings. The third-order valence-electron chi connectivity index (χ3n) is 2.40. The first-order chi connectivity index (χ1) is 8.54. The maximum atomic E-state index is 12.1. The molecule has 0 heterocycles. The van der Waals surface area contributed by atoms with Crippen molar-refractivity contribution in [1.82, 2.24) is 5.32 Å². The second-order valence-corrected chi connectivity index (χ2v) is 5.67. The lowest BCUT2D eigenvalue weighted by atomic mass is 10.1. The van der Waals surface area contributed by atoms with Crippen molar-refractivity contribution in [3.63, 3.8) is 0 Å². The fourth-order valence-electron chi connectivity index (χ4n) is 1.72. The number of benzene rings is 1. The van der Waals surface area contributed by atoms with Crippen molar-refractivity contribution in [2.75, 3.05) is 23.9 Å². The van der Waals surface area contributed by atoms with E-state index in [1.165, 1.54) is 0 Å². The van der Waals surface area contributed by atoms with Gasteiger partial charge in [0.15, 0.2) is 0 Å². The normalized spacial score (nSPS) is 13.7. The number of rotatable bonds is 6. The minimum absolute atomic E-state index is 0.0991. The first-order valence-corrected chi connectivity index (χ1v) is 7.71. The van der Waals surface area contributed by atoms with E-state index in [0.717, 1.165) is 12.2 Å². The first-order valence-electron chi connectivity index (χ1n) is 5.98. The molecule has 1 rings (SSSR count). The highest BCUT2D eigenvalue weighted by molar-refractivity contribution is 7.84. The zero-order valence-electron chi connectivity index (χ0n) is 11.0. The summed E-state index contributed by atoms with van der Waals surface area (Å²) in [5.74, 6) is 0.333. The number of hydrogen-bond donors (Lipinski definition) is 2. The maximum absolute atomic E-state index is 12.1. The van der Waals surface area contributed by atoms with Crippen LogP contribution < -0.4 is 10.6 Å². The third kappa shape index (κ3) is 4.49. The molecule has 100 valence electrons. The fourth-order valence-corrected chi connectivity index (χ4v) is 2.51. The van der Waals surface area contributed by atoms with Crippen LogP contribution in [0.5, 0.6) is 0 Å². The van der Waals surface area contributed by atoms with Crippen molar-refractivity contribution in [2.45, 2.75) is 19.9 Å². The van der Waals surface area contributed by atoms with Gasteiger partial charge in [-0.25, -0.2) is 0 Å². The summed E-state index contributed by atoms with van der Waals surface area (Å²) >= 11 is 0. The Balaban J connectivity index is 2.74. The van der Waals surface area contributed by atoms with Crippen molar-refractivity contribution in [2.24, 2.45) is 0 Å². The van der Waals surface area contributed by atoms with Gasteiger partial charge < -0.3 is 10.6 Å². The lowest BCUT2D eigenvalue weighted by Crippen LogP contribution is -2.36. The molecule has 0 saturated carbocycles. The predicted molar refractivity (Wildman–Crippen MR) is 76.5 cm³/mol. The van der Waals surface area contributed by atoms with Gasteiger partial charge in [-0.2, -0.15) is 0 Å². The molecule has 0 aliphatic rings. The lowest BCUT2D eigenvalue weighted by Gasteiger charge is -2.15. The average molecular weight is 268 g/mol. The smallest absolute Gasteiger partial charge is 0.253 e. The van der Waals surface area contributed by atoms with Crippen LogP contribution in [0.4, 0.5) is 5.69 Å². The fraction of sp³-hybridized carbons (Fsp3) is 0.462. The second-order valence-electron chi connectivity index (χ2n) is 4.19. The van der Waals surface area contributed by atoms with Crippen LogP contribution in [0.2, 0.25) is 0 Å². The van der Waals surface area contributed by atoms with Crippen LogP contribution in [0.15, 0.2) is 24.3 Å². The Hall–Kier alpha value is -1.36. The molecule has 0 bridgehead atoms. The highest BCUT2D eigenvalue weighted by Crippen LogP contribution is 2.14. The van der Waals surface area contributed by atoms with Crippen LogP contribution >= 0.6 is 0 Å². The Morgan fingerprint density at radius 3 is 2.67 bits per heavy atom. The number of amides is 1. The molecular formula is C13H20N2O2S. The van der Waals surface area contributed by atoms with Gasteiger partial charge in [0, 0.05) is 41.1 Å². The zero-order valence-corrected chi connectivity index (χ0v) is 11.8. The van der Waals surface area contributed by atoms with E-state index in [4.69, 9.17) is 0 Å². The predicted octanol–water partition coefficient (Wildman–Crippen LogP) is 1.62. The Bertz CT molecular complexity index is 435. The third-order valence-corrected chi connectivity index (χ3v) is 3.37. The molecule has 0 aromatic heterocycles. The largest absolute Gasteiger partial charge is 0.385 e. The molecule has 18 heavy (non-hydrogen) atoms. The minimum atomic E-state index is -0.908. The summed E-state index contributed by atoms with van der Waals surface area (Å²) in [7, 11) is -0.908. The van der Waals surface area contributed by atoms with E-state index in [2.05, 4.69) is 10.6 Å². The summed E-state index contributed by atoms with van der Waals surface area (Å²) in [4.78, 5) is 12.1. The number of nitrogens with one attached hydrogen (secondary N) is 2. The van der Waals surface area contributed by atoms with E-state index >= 15 is 0 Å². The Labute approximate surface area is 111 Å². The topological polar surface area (TPSA) is 58.2 Å². The summed E-state index contributed by atoms with van der Waals surface area (Å²) in [5.41, 5.74) is 1.44. The maximum Gasteiger partial charge on any atom is 0.253 e. The van der Waals surface area contributed by atoms with E-state index in [9.17, 15) is 9.00 Å². The average Bonchev–Trinajstić information content (AvgIpc) is 2.28. The van der Waals surface area contributed by atoms with E-state index in [0.29, 0.717) is 11.3 Å². The SMILES string of the molecule is CCNc1ccccc1C(=O)NC(C)CS(C)=O. The summed E-state index contributed by atoms with van der Waals surface area (Å²) in [6.07, 6.45) is 1.63. The highest BCUT2D eigenvalue weighted by atomic mass is 32.2. The van der Waals surface area contributed by atoms with Gasteiger partial charge in [-0.15, -0.1) is 0 Å². The van der Waals surface area contributed by atoms with Crippen LogP contribution in [-0.2, 0) is 10.8 Å². The molecule has 5 heteroatoms. The molecule has 0 fully saturated rings. The van der Waals surface area contributed by atoms with Gasteiger partial charge in [-0.1, -0.05) is 12.1 Å². The van der Waals surface area contributed by atoms with Gasteiger partial charge in [0.2, 0.25) is 0 Å². The number of hydrogen-bond acceptors (Lipinski definition) is 3. The summed E-state index contributed by atoms with van der Waals surface area (Å²) in [6, 6.07) is 7.28. The summed E-state index contributed by atoms with van der Waals surface area (Å²) < 4.78 is 11.1. The van der Waals surface area contributed by atoms with E-state index < -0.39 is 10.8 Å². The van der Waals surface area contributed by atoms with Crippen LogP contribution in [0.1, 0.15) is 24.2 Å². The Morgan fingerprint density at radius 1 is 1.39 bits per heavy atom. The molecule has 0 spiro atoms. The molecule has 0 radical (unpaired) electrons. The quantitative estimate of drug-likeness (QED) is 0.824. The lowest BCUT2D eigenvalue weighted by molar-refractivity contribution is 0.0944. The van der Waals surface area contributed by atoms with Crippen LogP contribution in [0, 0.1) is 0 Å². The zero-order chi connectivity index (χ0) is 13.5. The van der Waals surface area contributed by atoms with Gasteiger partial charge in [-0.3, -0.25) is 9.00 Å². The van der Waals surface area contributed by atoms with Crippen molar-refractivity contribution < 1.29 is 9.00 Å². The number of anilines is 1. The Morgan fingerprint density at radius 2 is 2.06 bits per heavy atom. The monoisotopic (exact) mass is 268 g/mol. The Kier molecular flexibility index (Phi) is 5.85. The van der Waals surface area contributed by atoms with E-state index in [-0.39, 0.29) is 11.9 Å². The first kappa shape index (κ1) is 14.7. The minimum Gasteiger partial charge on any atom is -0.385 e. The molecule has 2 N–H and O–H groups in total. The molecule has 0 saturated heterocycles. The van der Waals surface area contributed by atoms with Gasteiger partial charge >= 0.3 is 0 Å². The van der Waals surface area contributed by atoms with Crippen LogP contribution in [0.3, 0.4) is 0 Å². The van der Waals surface area contributed by atoms with Crippen LogP contribution in [-0.4, -0.2) is 34.7 Å². The number of carbonyl (C=O) groups is 1. The van der Waals surface area contributed by atoms with Crippen molar-refractivity contribution >= 4 is 22.4 Å². The molecule has 4 nitrogen and oxygen atoms in total. The van der Waals surface area contributed by atoms with Crippen molar-refractivity contribution in [1.29, 1.82) is 0 Å². The molecule has 1 aromatic carbocycles. The number of para-hydroxylation sites is 1. The van der Waals surface area contributed by atoms with Gasteiger partial charge in [0.1, 0.15) is 0 Å². The molecule has 1 amide bonds. The van der Waals surface area contributed by atoms with Gasteiger partial charge in [0.05, 0.1) is 5.56 Å². The molecule has 2 unspecified atom stereocenters. The van der Waals surface area contributed by atoms with Crippen molar-refractivity contribution in [3.05, 3.63) is 29.8 Å². The molecule has 0 aliphatic heterocycles. The van der Waals surface area contributed by atoms with Gasteiger partial charge in [-0.05, 0) is 26.0 Å². The summed E-state index contributed by atoms with van der Waals surface area (Å²) in [6.45, 7) is 4.60. The molecule has 2 atom stereocenters.